The molecule has 1 aliphatic heterocycles. The molecule has 1 saturated heterocycles. The second-order valence-corrected chi connectivity index (χ2v) is 6.40. The van der Waals surface area contributed by atoms with E-state index in [1.165, 1.54) is 12.8 Å². The highest BCUT2D eigenvalue weighted by Crippen LogP contribution is 2.43. The summed E-state index contributed by atoms with van der Waals surface area (Å²) in [5.41, 5.74) is -0.425. The lowest BCUT2D eigenvalue weighted by atomic mass is 9.72. The lowest BCUT2D eigenvalue weighted by Gasteiger charge is -2.34. The van der Waals surface area contributed by atoms with E-state index in [9.17, 15) is 10.4 Å². The van der Waals surface area contributed by atoms with Gasteiger partial charge in [-0.25, -0.2) is 0 Å². The fourth-order valence-electron chi connectivity index (χ4n) is 3.09. The number of hydrogen-bond acceptors (Lipinski definition) is 3. The van der Waals surface area contributed by atoms with Crippen molar-refractivity contribution in [3.05, 3.63) is 0 Å². The quantitative estimate of drug-likeness (QED) is 0.753. The average molecular weight is 239 g/mol. The van der Waals surface area contributed by atoms with Gasteiger partial charge in [-0.15, -0.1) is 0 Å². The van der Waals surface area contributed by atoms with Crippen molar-refractivity contribution in [2.45, 2.75) is 51.0 Å². The molecule has 1 N–H and O–H groups in total. The predicted molar refractivity (Wildman–Crippen MR) is 67.2 cm³/mol. The summed E-state index contributed by atoms with van der Waals surface area (Å²) >= 11 is 1.92. The van der Waals surface area contributed by atoms with Gasteiger partial charge in [-0.2, -0.15) is 17.0 Å². The Morgan fingerprint density at radius 3 is 2.44 bits per heavy atom. The minimum atomic E-state index is -0.425. The number of hydrogen-bond donors (Lipinski definition) is 1. The lowest BCUT2D eigenvalue weighted by Crippen LogP contribution is -2.39. The van der Waals surface area contributed by atoms with E-state index >= 15 is 0 Å². The summed E-state index contributed by atoms with van der Waals surface area (Å²) in [6, 6.07) is 2.47. The van der Waals surface area contributed by atoms with Gasteiger partial charge in [-0.1, -0.05) is 25.7 Å². The summed E-state index contributed by atoms with van der Waals surface area (Å²) in [4.78, 5) is 0. The fourth-order valence-corrected chi connectivity index (χ4v) is 4.37. The molecule has 0 radical (unpaired) electrons. The fraction of sp³-hybridized carbons (Fsp3) is 0.923. The normalized spacial score (nSPS) is 31.6. The zero-order valence-electron chi connectivity index (χ0n) is 9.82. The molecule has 2 nitrogen and oxygen atoms in total. The lowest BCUT2D eigenvalue weighted by molar-refractivity contribution is 0.0126. The zero-order chi connectivity index (χ0) is 11.4. The molecule has 0 aromatic rings. The molecule has 2 atom stereocenters. The van der Waals surface area contributed by atoms with E-state index in [0.29, 0.717) is 5.92 Å². The summed E-state index contributed by atoms with van der Waals surface area (Å²) in [7, 11) is 0. The molecule has 2 unspecified atom stereocenters. The highest BCUT2D eigenvalue weighted by Gasteiger charge is 2.43. The summed E-state index contributed by atoms with van der Waals surface area (Å²) in [5, 5.41) is 20.0. The smallest absolute Gasteiger partial charge is 0.0835 e. The Labute approximate surface area is 102 Å². The first-order valence-electron chi connectivity index (χ1n) is 6.45. The van der Waals surface area contributed by atoms with Crippen LogP contribution >= 0.6 is 11.8 Å². The monoisotopic (exact) mass is 239 g/mol. The van der Waals surface area contributed by atoms with Crippen molar-refractivity contribution in [2.75, 3.05) is 11.5 Å². The zero-order valence-corrected chi connectivity index (χ0v) is 10.6. The molecule has 0 spiro atoms. The molecule has 2 aliphatic rings. The molecule has 16 heavy (non-hydrogen) atoms. The molecule has 1 aliphatic carbocycles. The van der Waals surface area contributed by atoms with E-state index in [-0.39, 0.29) is 6.10 Å². The molecule has 0 amide bonds. The van der Waals surface area contributed by atoms with Crippen molar-refractivity contribution in [3.63, 3.8) is 0 Å². The highest BCUT2D eigenvalue weighted by molar-refractivity contribution is 7.99. The predicted octanol–water partition coefficient (Wildman–Crippen LogP) is 2.96. The van der Waals surface area contributed by atoms with Gasteiger partial charge in [0.25, 0.3) is 0 Å². The Morgan fingerprint density at radius 2 is 1.94 bits per heavy atom. The van der Waals surface area contributed by atoms with Gasteiger partial charge in [0.1, 0.15) is 0 Å². The first kappa shape index (κ1) is 12.3. The van der Waals surface area contributed by atoms with Gasteiger partial charge >= 0.3 is 0 Å². The largest absolute Gasteiger partial charge is 0.391 e. The Morgan fingerprint density at radius 1 is 1.25 bits per heavy atom. The topological polar surface area (TPSA) is 44.0 Å². The molecule has 90 valence electrons. The van der Waals surface area contributed by atoms with Crippen LogP contribution in [0.1, 0.15) is 44.9 Å². The Bertz CT molecular complexity index is 260. The van der Waals surface area contributed by atoms with Crippen molar-refractivity contribution < 1.29 is 5.11 Å². The minimum absolute atomic E-state index is 0.364. The molecule has 0 bridgehead atoms. The van der Waals surface area contributed by atoms with Crippen molar-refractivity contribution in [1.82, 2.24) is 0 Å². The van der Waals surface area contributed by atoms with E-state index in [0.717, 1.165) is 43.6 Å². The number of thioether (sulfide) groups is 1. The van der Waals surface area contributed by atoms with Crippen molar-refractivity contribution in [3.8, 4) is 6.07 Å². The van der Waals surface area contributed by atoms with E-state index in [2.05, 4.69) is 6.07 Å². The molecule has 1 saturated carbocycles. The van der Waals surface area contributed by atoms with Crippen LogP contribution in [0.15, 0.2) is 0 Å². The molecule has 2 rings (SSSR count). The minimum Gasteiger partial charge on any atom is -0.391 e. The van der Waals surface area contributed by atoms with Gasteiger partial charge < -0.3 is 5.11 Å². The Balaban J connectivity index is 2.09. The maximum Gasteiger partial charge on any atom is 0.0835 e. The van der Waals surface area contributed by atoms with E-state index in [1.54, 1.807) is 0 Å². The van der Waals surface area contributed by atoms with Gasteiger partial charge in [0.05, 0.1) is 17.6 Å². The third kappa shape index (κ3) is 2.38. The number of nitrogens with zero attached hydrogens (tertiary/aromatic N) is 1. The molecule has 0 aromatic heterocycles. The van der Waals surface area contributed by atoms with Crippen LogP contribution in [0.25, 0.3) is 0 Å². The third-order valence-corrected chi connectivity index (χ3v) is 5.38. The number of aliphatic hydroxyl groups excluding tert-OH is 1. The van der Waals surface area contributed by atoms with Crippen LogP contribution in [0.3, 0.4) is 0 Å². The van der Waals surface area contributed by atoms with E-state index < -0.39 is 5.41 Å². The van der Waals surface area contributed by atoms with Gasteiger partial charge in [0.2, 0.25) is 0 Å². The molecular formula is C13H21NOS. The van der Waals surface area contributed by atoms with Crippen LogP contribution in [-0.2, 0) is 0 Å². The van der Waals surface area contributed by atoms with Crippen LogP contribution in [0.2, 0.25) is 0 Å². The number of rotatable bonds is 2. The number of nitriles is 1. The Hall–Kier alpha value is -0.200. The van der Waals surface area contributed by atoms with Crippen LogP contribution in [0.4, 0.5) is 0 Å². The summed E-state index contributed by atoms with van der Waals surface area (Å²) in [5.74, 6) is 2.57. The van der Waals surface area contributed by atoms with E-state index in [1.807, 2.05) is 11.8 Å². The van der Waals surface area contributed by atoms with Crippen LogP contribution in [0, 0.1) is 22.7 Å². The summed E-state index contributed by atoms with van der Waals surface area (Å²) < 4.78 is 0. The summed E-state index contributed by atoms with van der Waals surface area (Å²) in [6.07, 6.45) is 7.22. The first-order chi connectivity index (χ1) is 7.78. The highest BCUT2D eigenvalue weighted by atomic mass is 32.2. The van der Waals surface area contributed by atoms with Gasteiger partial charge in [0, 0.05) is 0 Å². The average Bonchev–Trinajstić information content (AvgIpc) is 2.73. The van der Waals surface area contributed by atoms with Crippen molar-refractivity contribution in [2.24, 2.45) is 11.3 Å². The maximum absolute atomic E-state index is 10.5. The molecule has 2 fully saturated rings. The van der Waals surface area contributed by atoms with E-state index in [4.69, 9.17) is 0 Å². The van der Waals surface area contributed by atoms with Gasteiger partial charge in [0.15, 0.2) is 0 Å². The standard InChI is InChI=1S/C13H21NOS/c14-10-13(6-3-1-2-4-7-13)12(15)11-5-8-16-9-11/h11-12,15H,1-9H2. The summed E-state index contributed by atoms with van der Waals surface area (Å²) in [6.45, 7) is 0. The molecule has 1 heterocycles. The number of aliphatic hydroxyl groups is 1. The molecule has 3 heteroatoms. The van der Waals surface area contributed by atoms with Crippen molar-refractivity contribution >= 4 is 11.8 Å². The third-order valence-electron chi connectivity index (χ3n) is 4.20. The maximum atomic E-state index is 10.5. The second kappa shape index (κ2) is 5.42. The van der Waals surface area contributed by atoms with Crippen LogP contribution < -0.4 is 0 Å². The van der Waals surface area contributed by atoms with Gasteiger partial charge in [-0.05, 0) is 36.7 Å². The molecule has 0 aromatic carbocycles. The second-order valence-electron chi connectivity index (χ2n) is 5.25. The molecular weight excluding hydrogens is 218 g/mol. The van der Waals surface area contributed by atoms with Gasteiger partial charge in [-0.3, -0.25) is 0 Å². The van der Waals surface area contributed by atoms with Crippen molar-refractivity contribution in [1.29, 1.82) is 5.26 Å². The SMILES string of the molecule is N#CC1(C(O)C2CCSC2)CCCCCC1. The first-order valence-corrected chi connectivity index (χ1v) is 7.61. The van der Waals surface area contributed by atoms with Crippen LogP contribution in [-0.4, -0.2) is 22.7 Å². The van der Waals surface area contributed by atoms with Crippen LogP contribution in [0.5, 0.6) is 0 Å². The Kier molecular flexibility index (Phi) is 4.16.